The zero-order chi connectivity index (χ0) is 12.6. The second-order valence-electron chi connectivity index (χ2n) is 4.35. The Morgan fingerprint density at radius 2 is 2.17 bits per heavy atom. The van der Waals surface area contributed by atoms with E-state index in [1.165, 1.54) is 0 Å². The van der Waals surface area contributed by atoms with E-state index in [0.29, 0.717) is 25.9 Å². The number of nitrogens with two attached hydrogens (primary N) is 1. The average molecular weight is 245 g/mol. The SMILES string of the molecule is NCC#Cc1ccc(COCC2CCCO2)cc1. The van der Waals surface area contributed by atoms with Crippen molar-refractivity contribution in [2.45, 2.75) is 25.6 Å². The van der Waals surface area contributed by atoms with Gasteiger partial charge in [0.25, 0.3) is 0 Å². The van der Waals surface area contributed by atoms with E-state index in [9.17, 15) is 0 Å². The van der Waals surface area contributed by atoms with Crippen LogP contribution in [0.25, 0.3) is 0 Å². The van der Waals surface area contributed by atoms with Crippen LogP contribution in [0.5, 0.6) is 0 Å². The van der Waals surface area contributed by atoms with E-state index in [2.05, 4.69) is 11.8 Å². The van der Waals surface area contributed by atoms with Crippen molar-refractivity contribution in [3.05, 3.63) is 35.4 Å². The second-order valence-corrected chi connectivity index (χ2v) is 4.35. The van der Waals surface area contributed by atoms with Crippen LogP contribution in [0.2, 0.25) is 0 Å². The molecule has 0 spiro atoms. The molecule has 0 amide bonds. The molecule has 1 saturated heterocycles. The Kier molecular flexibility index (Phi) is 5.22. The molecule has 3 heteroatoms. The van der Waals surface area contributed by atoms with Crippen LogP contribution in [-0.4, -0.2) is 25.9 Å². The summed E-state index contributed by atoms with van der Waals surface area (Å²) in [5, 5.41) is 0. The molecule has 0 bridgehead atoms. The summed E-state index contributed by atoms with van der Waals surface area (Å²) in [4.78, 5) is 0. The van der Waals surface area contributed by atoms with Crippen molar-refractivity contribution in [3.8, 4) is 11.8 Å². The minimum absolute atomic E-state index is 0.291. The van der Waals surface area contributed by atoms with Crippen molar-refractivity contribution >= 4 is 0 Å². The van der Waals surface area contributed by atoms with Crippen molar-refractivity contribution < 1.29 is 9.47 Å². The van der Waals surface area contributed by atoms with Gasteiger partial charge < -0.3 is 15.2 Å². The third-order valence-electron chi connectivity index (χ3n) is 2.89. The van der Waals surface area contributed by atoms with Crippen LogP contribution >= 0.6 is 0 Å². The topological polar surface area (TPSA) is 44.5 Å². The summed E-state index contributed by atoms with van der Waals surface area (Å²) >= 11 is 0. The number of hydrogen-bond acceptors (Lipinski definition) is 3. The van der Waals surface area contributed by atoms with Gasteiger partial charge in [-0.1, -0.05) is 24.0 Å². The summed E-state index contributed by atoms with van der Waals surface area (Å²) in [5.74, 6) is 5.83. The van der Waals surface area contributed by atoms with E-state index in [0.717, 1.165) is 30.6 Å². The average Bonchev–Trinajstić information content (AvgIpc) is 2.91. The highest BCUT2D eigenvalue weighted by molar-refractivity contribution is 5.36. The van der Waals surface area contributed by atoms with Gasteiger partial charge in [-0.25, -0.2) is 0 Å². The predicted octanol–water partition coefficient (Wildman–Crippen LogP) is 1.69. The van der Waals surface area contributed by atoms with Crippen LogP contribution in [0.1, 0.15) is 24.0 Å². The van der Waals surface area contributed by atoms with Crippen LogP contribution in [0, 0.1) is 11.8 Å². The Morgan fingerprint density at radius 3 is 2.83 bits per heavy atom. The smallest absolute Gasteiger partial charge is 0.0809 e. The van der Waals surface area contributed by atoms with E-state index >= 15 is 0 Å². The molecule has 3 nitrogen and oxygen atoms in total. The Bertz CT molecular complexity index is 410. The summed E-state index contributed by atoms with van der Waals surface area (Å²) < 4.78 is 11.1. The number of rotatable bonds is 4. The second kappa shape index (κ2) is 7.17. The van der Waals surface area contributed by atoms with Gasteiger partial charge in [0.15, 0.2) is 0 Å². The Morgan fingerprint density at radius 1 is 1.33 bits per heavy atom. The lowest BCUT2D eigenvalue weighted by molar-refractivity contribution is 0.0106. The van der Waals surface area contributed by atoms with Crippen LogP contribution in [-0.2, 0) is 16.1 Å². The Hall–Kier alpha value is -1.34. The molecular formula is C15H19NO2. The fraction of sp³-hybridized carbons (Fsp3) is 0.467. The molecule has 0 aromatic heterocycles. The fourth-order valence-corrected chi connectivity index (χ4v) is 1.92. The van der Waals surface area contributed by atoms with E-state index in [1.807, 2.05) is 24.3 Å². The molecule has 1 aromatic carbocycles. The molecule has 96 valence electrons. The molecule has 1 aromatic rings. The molecule has 0 aliphatic carbocycles. The van der Waals surface area contributed by atoms with Gasteiger partial charge in [0, 0.05) is 12.2 Å². The summed E-state index contributed by atoms with van der Waals surface area (Å²) in [6, 6.07) is 8.06. The van der Waals surface area contributed by atoms with Gasteiger partial charge in [-0.15, -0.1) is 0 Å². The maximum atomic E-state index is 5.64. The van der Waals surface area contributed by atoms with Gasteiger partial charge >= 0.3 is 0 Å². The Balaban J connectivity index is 1.75. The zero-order valence-corrected chi connectivity index (χ0v) is 10.5. The predicted molar refractivity (Wildman–Crippen MR) is 71.0 cm³/mol. The normalized spacial score (nSPS) is 18.4. The molecule has 1 fully saturated rings. The van der Waals surface area contributed by atoms with Crippen LogP contribution in [0.15, 0.2) is 24.3 Å². The molecule has 0 saturated carbocycles. The first-order chi connectivity index (χ1) is 8.88. The highest BCUT2D eigenvalue weighted by Gasteiger charge is 2.14. The lowest BCUT2D eigenvalue weighted by Gasteiger charge is -2.10. The van der Waals surface area contributed by atoms with Crippen molar-refractivity contribution in [1.29, 1.82) is 0 Å². The largest absolute Gasteiger partial charge is 0.376 e. The van der Waals surface area contributed by atoms with Crippen LogP contribution < -0.4 is 5.73 Å². The number of benzene rings is 1. The van der Waals surface area contributed by atoms with E-state index in [1.54, 1.807) is 0 Å². The first kappa shape index (κ1) is 13.1. The van der Waals surface area contributed by atoms with Gasteiger partial charge in [-0.3, -0.25) is 0 Å². The first-order valence-corrected chi connectivity index (χ1v) is 6.35. The molecule has 18 heavy (non-hydrogen) atoms. The lowest BCUT2D eigenvalue weighted by atomic mass is 10.1. The lowest BCUT2D eigenvalue weighted by Crippen LogP contribution is -2.13. The first-order valence-electron chi connectivity index (χ1n) is 6.35. The van der Waals surface area contributed by atoms with Gasteiger partial charge in [0.1, 0.15) is 0 Å². The van der Waals surface area contributed by atoms with E-state index < -0.39 is 0 Å². The summed E-state index contributed by atoms with van der Waals surface area (Å²) in [5.41, 5.74) is 7.47. The highest BCUT2D eigenvalue weighted by atomic mass is 16.5. The van der Waals surface area contributed by atoms with Gasteiger partial charge in [-0.05, 0) is 30.5 Å². The molecular weight excluding hydrogens is 226 g/mol. The summed E-state index contributed by atoms with van der Waals surface area (Å²) in [7, 11) is 0. The fourth-order valence-electron chi connectivity index (χ4n) is 1.92. The molecule has 1 aliphatic rings. The number of ether oxygens (including phenoxy) is 2. The zero-order valence-electron chi connectivity index (χ0n) is 10.5. The van der Waals surface area contributed by atoms with Gasteiger partial charge in [0.2, 0.25) is 0 Å². The molecule has 2 N–H and O–H groups in total. The van der Waals surface area contributed by atoms with E-state index in [-0.39, 0.29) is 0 Å². The molecule has 2 rings (SSSR count). The molecule has 1 aliphatic heterocycles. The number of hydrogen-bond donors (Lipinski definition) is 1. The quantitative estimate of drug-likeness (QED) is 0.821. The molecule has 1 heterocycles. The minimum atomic E-state index is 0.291. The van der Waals surface area contributed by atoms with Gasteiger partial charge in [-0.2, -0.15) is 0 Å². The maximum Gasteiger partial charge on any atom is 0.0809 e. The third-order valence-corrected chi connectivity index (χ3v) is 2.89. The standard InChI is InChI=1S/C15H19NO2/c16-9-1-3-13-5-7-14(8-6-13)11-17-12-15-4-2-10-18-15/h5-8,15H,2,4,9-12,16H2. The Labute approximate surface area is 108 Å². The molecule has 1 unspecified atom stereocenters. The highest BCUT2D eigenvalue weighted by Crippen LogP contribution is 2.13. The van der Waals surface area contributed by atoms with Crippen molar-refractivity contribution in [2.75, 3.05) is 19.8 Å². The summed E-state index contributed by atoms with van der Waals surface area (Å²) in [6.45, 7) is 2.59. The van der Waals surface area contributed by atoms with Crippen molar-refractivity contribution in [2.24, 2.45) is 5.73 Å². The minimum Gasteiger partial charge on any atom is -0.376 e. The van der Waals surface area contributed by atoms with E-state index in [4.69, 9.17) is 15.2 Å². The van der Waals surface area contributed by atoms with Crippen molar-refractivity contribution in [3.63, 3.8) is 0 Å². The monoisotopic (exact) mass is 245 g/mol. The van der Waals surface area contributed by atoms with Crippen molar-refractivity contribution in [1.82, 2.24) is 0 Å². The maximum absolute atomic E-state index is 5.64. The van der Waals surface area contributed by atoms with Crippen LogP contribution in [0.3, 0.4) is 0 Å². The molecule has 0 radical (unpaired) electrons. The van der Waals surface area contributed by atoms with Crippen LogP contribution in [0.4, 0.5) is 0 Å². The summed E-state index contributed by atoms with van der Waals surface area (Å²) in [6.07, 6.45) is 2.57. The van der Waals surface area contributed by atoms with Gasteiger partial charge in [0.05, 0.1) is 25.9 Å². The molecule has 1 atom stereocenters. The third kappa shape index (κ3) is 4.15.